The van der Waals surface area contributed by atoms with Crippen LogP contribution in [0, 0.1) is 46.3 Å². The van der Waals surface area contributed by atoms with Crippen LogP contribution in [0.4, 0.5) is 10.5 Å². The molecule has 2 amide bonds. The number of hydrogen-bond donors (Lipinski definition) is 3. The Bertz CT molecular complexity index is 1080. The Labute approximate surface area is 221 Å². The van der Waals surface area contributed by atoms with E-state index in [9.17, 15) is 4.79 Å². The van der Waals surface area contributed by atoms with E-state index in [0.29, 0.717) is 10.8 Å². The van der Waals surface area contributed by atoms with E-state index < -0.39 is 0 Å². The monoisotopic (exact) mass is 500 g/mol. The topological polar surface area (TPSA) is 80.0 Å². The van der Waals surface area contributed by atoms with Crippen LogP contribution in [0.5, 0.6) is 0 Å². The van der Waals surface area contributed by atoms with E-state index in [4.69, 9.17) is 5.73 Å². The minimum absolute atomic E-state index is 0.0833. The van der Waals surface area contributed by atoms with Crippen LogP contribution >= 0.6 is 0 Å². The summed E-state index contributed by atoms with van der Waals surface area (Å²) in [5.41, 5.74) is 7.77. The lowest BCUT2D eigenvalue weighted by molar-refractivity contribution is -0.0496. The lowest BCUT2D eigenvalue weighted by Gasteiger charge is -2.56. The van der Waals surface area contributed by atoms with E-state index in [1.807, 2.05) is 30.5 Å². The molecule has 198 valence electrons. The molecule has 8 saturated carbocycles. The highest BCUT2D eigenvalue weighted by molar-refractivity contribution is 6.01. The van der Waals surface area contributed by atoms with Crippen LogP contribution in [0.15, 0.2) is 36.7 Å². The number of aromatic nitrogens is 1. The Morgan fingerprint density at radius 2 is 1.35 bits per heavy atom. The quantitative estimate of drug-likeness (QED) is 0.435. The third kappa shape index (κ3) is 4.66. The standard InChI is InChI=1S/C21H25N3O.C11H19N/c25-20(24-19-3-1-2-17-12-22-5-4-18(17)19)23-13-21-9-14-6-15(10-21)8-16(7-14)11-21;12-7-11-4-8-1-9(5-11)3-10(2-8)6-11/h1-5,12,14-16H,6-11,13H2,(H2,23,24,25);8-10H,1-7,12H2. The number of carbonyl (C=O) groups excluding carboxylic acids is 1. The van der Waals surface area contributed by atoms with Crippen LogP contribution in [0.3, 0.4) is 0 Å². The molecule has 8 aliphatic rings. The molecule has 0 saturated heterocycles. The Kier molecular flexibility index (Phi) is 5.99. The molecule has 0 atom stereocenters. The molecule has 8 bridgehead atoms. The SMILES string of the molecule is NCC12CC3CC(CC(C3)C1)C2.O=C(NCC12CC3CC(CC(C3)C1)C2)Nc1cccc2cnccc12. The van der Waals surface area contributed by atoms with Crippen LogP contribution in [0.1, 0.15) is 77.0 Å². The summed E-state index contributed by atoms with van der Waals surface area (Å²) in [7, 11) is 0. The summed E-state index contributed by atoms with van der Waals surface area (Å²) in [5.74, 6) is 5.96. The summed E-state index contributed by atoms with van der Waals surface area (Å²) in [6.45, 7) is 1.80. The van der Waals surface area contributed by atoms with Crippen LogP contribution in [-0.2, 0) is 0 Å². The van der Waals surface area contributed by atoms with E-state index in [-0.39, 0.29) is 6.03 Å². The Morgan fingerprint density at radius 3 is 1.89 bits per heavy atom. The molecule has 5 nitrogen and oxygen atoms in total. The van der Waals surface area contributed by atoms with Crippen molar-refractivity contribution in [2.45, 2.75) is 77.0 Å². The fraction of sp³-hybridized carbons (Fsp3) is 0.688. The summed E-state index contributed by atoms with van der Waals surface area (Å²) in [4.78, 5) is 16.7. The first-order valence-corrected chi connectivity index (χ1v) is 15.1. The molecule has 5 heteroatoms. The molecule has 10 rings (SSSR count). The van der Waals surface area contributed by atoms with Gasteiger partial charge in [-0.25, -0.2) is 4.79 Å². The molecular formula is C32H44N4O. The molecule has 8 aliphatic carbocycles. The smallest absolute Gasteiger partial charge is 0.319 e. The minimum Gasteiger partial charge on any atom is -0.337 e. The number of nitrogens with two attached hydrogens (primary N) is 1. The van der Waals surface area contributed by atoms with Gasteiger partial charge in [-0.1, -0.05) is 12.1 Å². The van der Waals surface area contributed by atoms with Crippen LogP contribution in [0.25, 0.3) is 10.8 Å². The van der Waals surface area contributed by atoms with Gasteiger partial charge < -0.3 is 16.4 Å². The van der Waals surface area contributed by atoms with Crippen LogP contribution in [-0.4, -0.2) is 24.1 Å². The Morgan fingerprint density at radius 1 is 0.811 bits per heavy atom. The van der Waals surface area contributed by atoms with E-state index in [0.717, 1.165) is 65.1 Å². The fourth-order valence-corrected chi connectivity index (χ4v) is 10.7. The second kappa shape index (κ2) is 9.25. The largest absolute Gasteiger partial charge is 0.337 e. The maximum Gasteiger partial charge on any atom is 0.319 e. The highest BCUT2D eigenvalue weighted by atomic mass is 16.2. The number of anilines is 1. The van der Waals surface area contributed by atoms with Crippen molar-refractivity contribution in [1.29, 1.82) is 0 Å². The summed E-state index contributed by atoms with van der Waals surface area (Å²) in [6, 6.07) is 7.79. The maximum absolute atomic E-state index is 12.5. The van der Waals surface area contributed by atoms with Crippen molar-refractivity contribution in [3.63, 3.8) is 0 Å². The molecule has 1 aromatic heterocycles. The van der Waals surface area contributed by atoms with Gasteiger partial charge in [0, 0.05) is 29.7 Å². The number of benzene rings is 1. The first kappa shape index (κ1) is 23.9. The van der Waals surface area contributed by atoms with Gasteiger partial charge in [0.15, 0.2) is 0 Å². The minimum atomic E-state index is -0.0833. The van der Waals surface area contributed by atoms with Gasteiger partial charge in [0.2, 0.25) is 0 Å². The molecule has 1 aromatic carbocycles. The molecule has 0 aliphatic heterocycles. The number of carbonyl (C=O) groups is 1. The van der Waals surface area contributed by atoms with Gasteiger partial charge in [0.1, 0.15) is 0 Å². The second-order valence-electron chi connectivity index (χ2n) is 14.2. The van der Waals surface area contributed by atoms with Gasteiger partial charge in [0.25, 0.3) is 0 Å². The number of fused-ring (bicyclic) bond motifs is 1. The summed E-state index contributed by atoms with van der Waals surface area (Å²) in [5, 5.41) is 8.30. The Balaban J connectivity index is 0.000000160. The van der Waals surface area contributed by atoms with Crippen molar-refractivity contribution in [2.75, 3.05) is 18.4 Å². The summed E-state index contributed by atoms with van der Waals surface area (Å²) >= 11 is 0. The van der Waals surface area contributed by atoms with E-state index in [2.05, 4.69) is 15.6 Å². The average molecular weight is 501 g/mol. The second-order valence-corrected chi connectivity index (χ2v) is 14.2. The van der Waals surface area contributed by atoms with Crippen molar-refractivity contribution < 1.29 is 4.79 Å². The number of rotatable bonds is 4. The molecule has 4 N–H and O–H groups in total. The Hall–Kier alpha value is -2.14. The lowest BCUT2D eigenvalue weighted by atomic mass is 9.49. The van der Waals surface area contributed by atoms with Gasteiger partial charge >= 0.3 is 6.03 Å². The molecule has 8 fully saturated rings. The number of hydrogen-bond acceptors (Lipinski definition) is 3. The number of pyridine rings is 1. The highest BCUT2D eigenvalue weighted by Crippen LogP contribution is 2.60. The van der Waals surface area contributed by atoms with E-state index in [1.54, 1.807) is 6.20 Å². The number of nitrogens with zero attached hydrogens (tertiary/aromatic N) is 1. The van der Waals surface area contributed by atoms with Crippen molar-refractivity contribution in [2.24, 2.45) is 52.1 Å². The molecule has 1 heterocycles. The summed E-state index contributed by atoms with van der Waals surface area (Å²) in [6.07, 6.45) is 20.9. The number of amides is 2. The maximum atomic E-state index is 12.5. The third-order valence-corrected chi connectivity index (χ3v) is 11.3. The van der Waals surface area contributed by atoms with Crippen molar-refractivity contribution >= 4 is 22.5 Å². The molecule has 2 aromatic rings. The molecular weight excluding hydrogens is 456 g/mol. The van der Waals surface area contributed by atoms with Crippen molar-refractivity contribution in [3.05, 3.63) is 36.7 Å². The van der Waals surface area contributed by atoms with Crippen LogP contribution in [0.2, 0.25) is 0 Å². The zero-order valence-electron chi connectivity index (χ0n) is 22.3. The predicted molar refractivity (Wildman–Crippen MR) is 149 cm³/mol. The third-order valence-electron chi connectivity index (χ3n) is 11.3. The van der Waals surface area contributed by atoms with Gasteiger partial charge in [-0.2, -0.15) is 0 Å². The first-order chi connectivity index (χ1) is 18.0. The van der Waals surface area contributed by atoms with E-state index >= 15 is 0 Å². The lowest BCUT2D eigenvalue weighted by Crippen LogP contribution is -2.51. The van der Waals surface area contributed by atoms with Crippen LogP contribution < -0.4 is 16.4 Å². The van der Waals surface area contributed by atoms with Gasteiger partial charge in [-0.3, -0.25) is 4.98 Å². The molecule has 0 unspecified atom stereocenters. The number of urea groups is 1. The zero-order chi connectivity index (χ0) is 25.0. The first-order valence-electron chi connectivity index (χ1n) is 15.1. The molecule has 0 radical (unpaired) electrons. The normalized spacial score (nSPS) is 40.4. The van der Waals surface area contributed by atoms with E-state index in [1.165, 1.54) is 77.0 Å². The molecule has 37 heavy (non-hydrogen) atoms. The average Bonchev–Trinajstić information content (AvgIpc) is 2.87. The van der Waals surface area contributed by atoms with Gasteiger partial charge in [-0.05, 0) is 142 Å². The zero-order valence-corrected chi connectivity index (χ0v) is 22.3. The predicted octanol–water partition coefficient (Wildman–Crippen LogP) is 6.73. The number of nitrogens with one attached hydrogen (secondary N) is 2. The highest BCUT2D eigenvalue weighted by Gasteiger charge is 2.51. The van der Waals surface area contributed by atoms with Crippen molar-refractivity contribution in [1.82, 2.24) is 10.3 Å². The fourth-order valence-electron chi connectivity index (χ4n) is 10.7. The van der Waals surface area contributed by atoms with Gasteiger partial charge in [0.05, 0.1) is 5.69 Å². The summed E-state index contributed by atoms with van der Waals surface area (Å²) < 4.78 is 0. The van der Waals surface area contributed by atoms with Gasteiger partial charge in [-0.15, -0.1) is 0 Å². The molecule has 0 spiro atoms. The van der Waals surface area contributed by atoms with Crippen molar-refractivity contribution in [3.8, 4) is 0 Å².